The molecule has 1 atom stereocenters. The Morgan fingerprint density at radius 3 is 2.65 bits per heavy atom. The fourth-order valence-corrected chi connectivity index (χ4v) is 7.06. The van der Waals surface area contributed by atoms with Crippen molar-refractivity contribution in [3.05, 3.63) is 93.3 Å². The third-order valence-electron chi connectivity index (χ3n) is 7.98. The van der Waals surface area contributed by atoms with Gasteiger partial charge in [-0.2, -0.15) is 18.2 Å². The van der Waals surface area contributed by atoms with Gasteiger partial charge in [0.15, 0.2) is 10.7 Å². The van der Waals surface area contributed by atoms with E-state index >= 15 is 0 Å². The second-order valence-corrected chi connectivity index (χ2v) is 13.2. The van der Waals surface area contributed by atoms with Crippen LogP contribution >= 0.6 is 11.6 Å². The van der Waals surface area contributed by atoms with Crippen LogP contribution < -0.4 is 21.1 Å². The molecule has 0 saturated carbocycles. The summed E-state index contributed by atoms with van der Waals surface area (Å²) < 4.78 is 67.8. The average molecular weight is 701 g/mol. The molecular weight excluding hydrogens is 669 g/mol. The van der Waals surface area contributed by atoms with Crippen molar-refractivity contribution in [1.29, 1.82) is 0 Å². The number of alkyl halides is 3. The van der Waals surface area contributed by atoms with E-state index in [0.717, 1.165) is 11.6 Å². The number of fused-ring (bicyclic) bond motifs is 1. The van der Waals surface area contributed by atoms with Gasteiger partial charge in [-0.3, -0.25) is 9.36 Å². The maximum absolute atomic E-state index is 14.2. The number of aryl methyl sites for hydroxylation is 1. The zero-order valence-electron chi connectivity index (χ0n) is 26.1. The van der Waals surface area contributed by atoms with Crippen LogP contribution in [0, 0.1) is 6.92 Å². The molecule has 1 unspecified atom stereocenters. The van der Waals surface area contributed by atoms with Gasteiger partial charge in [0, 0.05) is 78.5 Å². The summed E-state index contributed by atoms with van der Waals surface area (Å²) in [5.74, 6) is 0.482. The first-order valence-corrected chi connectivity index (χ1v) is 16.8. The van der Waals surface area contributed by atoms with E-state index in [-0.39, 0.29) is 53.2 Å². The van der Waals surface area contributed by atoms with Crippen molar-refractivity contribution in [1.82, 2.24) is 19.9 Å². The van der Waals surface area contributed by atoms with Gasteiger partial charge in [0.25, 0.3) is 5.56 Å². The minimum atomic E-state index is -4.60. The third-order valence-corrected chi connectivity index (χ3v) is 9.69. The number of piperazine rings is 1. The molecule has 10 nitrogen and oxygen atoms in total. The summed E-state index contributed by atoms with van der Waals surface area (Å²) in [6.45, 7) is 4.09. The predicted molar refractivity (Wildman–Crippen MR) is 180 cm³/mol. The molecule has 1 aliphatic rings. The van der Waals surface area contributed by atoms with Crippen molar-refractivity contribution in [2.45, 2.75) is 24.5 Å². The lowest BCUT2D eigenvalue weighted by molar-refractivity contribution is -0.137. The highest BCUT2D eigenvalue weighted by molar-refractivity contribution is 7.91. The predicted octanol–water partition coefficient (Wildman–Crippen LogP) is 5.99. The molecule has 0 radical (unpaired) electrons. The number of ether oxygens (including phenoxy) is 1. The van der Waals surface area contributed by atoms with Crippen molar-refractivity contribution >= 4 is 51.1 Å². The van der Waals surface area contributed by atoms with Gasteiger partial charge in [-0.15, -0.1) is 0 Å². The van der Waals surface area contributed by atoms with Gasteiger partial charge < -0.3 is 29.2 Å². The molecule has 0 spiro atoms. The Kier molecular flexibility index (Phi) is 9.99. The van der Waals surface area contributed by atoms with E-state index < -0.39 is 28.5 Å². The number of pyridine rings is 1. The van der Waals surface area contributed by atoms with Crippen LogP contribution in [0.15, 0.2) is 75.1 Å². The summed E-state index contributed by atoms with van der Waals surface area (Å²) in [6, 6.07) is 12.6. The highest BCUT2D eigenvalue weighted by atomic mass is 35.5. The SMILES string of the molecule is COCC[S+]([O-])c1ccoc1Cn1c(=O)c(-c2ccc(C)cc2Cl)cc2cnc(Nc3ccc(N4CCNCC4)c(C(F)(F)F)c3)nc21. The van der Waals surface area contributed by atoms with Gasteiger partial charge in [-0.25, -0.2) is 4.98 Å². The fraction of sp³-hybridized carbons (Fsp3) is 0.303. The second-order valence-electron chi connectivity index (χ2n) is 11.2. The van der Waals surface area contributed by atoms with Crippen LogP contribution in [0.4, 0.5) is 30.5 Å². The summed E-state index contributed by atoms with van der Waals surface area (Å²) >= 11 is 5.10. The van der Waals surface area contributed by atoms with Crippen LogP contribution in [0.25, 0.3) is 22.2 Å². The molecule has 4 heterocycles. The highest BCUT2D eigenvalue weighted by Crippen LogP contribution is 2.39. The highest BCUT2D eigenvalue weighted by Gasteiger charge is 2.35. The van der Waals surface area contributed by atoms with E-state index in [1.54, 1.807) is 35.2 Å². The van der Waals surface area contributed by atoms with E-state index in [0.29, 0.717) is 47.0 Å². The quantitative estimate of drug-likeness (QED) is 0.169. The van der Waals surface area contributed by atoms with E-state index in [9.17, 15) is 22.5 Å². The molecule has 0 bridgehead atoms. The summed E-state index contributed by atoms with van der Waals surface area (Å²) in [5.41, 5.74) is 0.865. The van der Waals surface area contributed by atoms with Gasteiger partial charge in [0.05, 0.1) is 25.0 Å². The molecule has 15 heteroatoms. The fourth-order valence-electron chi connectivity index (χ4n) is 5.61. The number of hydrogen-bond donors (Lipinski definition) is 2. The number of nitrogens with one attached hydrogen (secondary N) is 2. The normalized spacial score (nSPS) is 14.4. The smallest absolute Gasteiger partial charge is 0.418 e. The number of rotatable bonds is 10. The summed E-state index contributed by atoms with van der Waals surface area (Å²) in [5, 5.41) is 6.87. The van der Waals surface area contributed by atoms with Crippen molar-refractivity contribution in [2.24, 2.45) is 0 Å². The average Bonchev–Trinajstić information content (AvgIpc) is 3.53. The van der Waals surface area contributed by atoms with Crippen molar-refractivity contribution in [3.63, 3.8) is 0 Å². The van der Waals surface area contributed by atoms with Crippen LogP contribution in [0.5, 0.6) is 0 Å². The topological polar surface area (TPSA) is 121 Å². The minimum absolute atomic E-state index is 0.0249. The molecule has 2 aromatic carbocycles. The summed E-state index contributed by atoms with van der Waals surface area (Å²) in [7, 11) is 1.51. The Labute approximate surface area is 282 Å². The van der Waals surface area contributed by atoms with Crippen molar-refractivity contribution in [3.8, 4) is 11.1 Å². The van der Waals surface area contributed by atoms with E-state index in [2.05, 4.69) is 20.6 Å². The molecule has 48 heavy (non-hydrogen) atoms. The Bertz CT molecular complexity index is 2000. The summed E-state index contributed by atoms with van der Waals surface area (Å²) in [6.07, 6.45) is -1.72. The molecule has 1 fully saturated rings. The molecule has 3 aromatic heterocycles. The maximum atomic E-state index is 14.2. The number of nitrogens with zero attached hydrogens (tertiary/aromatic N) is 4. The lowest BCUT2D eigenvalue weighted by atomic mass is 10.0. The number of benzene rings is 2. The van der Waals surface area contributed by atoms with Gasteiger partial charge in [0.2, 0.25) is 5.95 Å². The maximum Gasteiger partial charge on any atom is 0.418 e. The van der Waals surface area contributed by atoms with Crippen molar-refractivity contribution in [2.75, 3.05) is 55.9 Å². The van der Waals surface area contributed by atoms with Gasteiger partial charge >= 0.3 is 6.18 Å². The van der Waals surface area contributed by atoms with Crippen molar-refractivity contribution < 1.29 is 26.9 Å². The van der Waals surface area contributed by atoms with Gasteiger partial charge in [-0.1, -0.05) is 23.7 Å². The lowest BCUT2D eigenvalue weighted by Crippen LogP contribution is -2.44. The monoisotopic (exact) mass is 700 g/mol. The van der Waals surface area contributed by atoms with E-state index in [1.165, 1.54) is 30.2 Å². The van der Waals surface area contributed by atoms with Crippen LogP contribution in [0.1, 0.15) is 16.9 Å². The number of anilines is 3. The van der Waals surface area contributed by atoms with Crippen LogP contribution in [0.3, 0.4) is 0 Å². The number of methoxy groups -OCH3 is 1. The molecular formula is C33H32ClF3N6O4S. The molecule has 6 rings (SSSR count). The number of furan rings is 1. The minimum Gasteiger partial charge on any atom is -0.611 e. The molecule has 1 aliphatic heterocycles. The third kappa shape index (κ3) is 7.17. The standard InChI is InChI=1S/C33H32ClF3N6O4S/c1-20-3-5-23(26(34)15-20)24-16-21-18-39-32(40-22-4-6-27(25(17-22)33(35,36)37)42-10-8-38-9-11-42)41-30(21)43(31(24)44)19-28-29(7-12-47-28)48(45)14-13-46-2/h3-7,12,15-18,38H,8-11,13-14,19H2,1-2H3,(H,39,40,41). The first kappa shape index (κ1) is 33.8. The Hall–Kier alpha value is -4.08. The zero-order chi connectivity index (χ0) is 34.0. The molecule has 2 N–H and O–H groups in total. The number of aromatic nitrogens is 3. The van der Waals surface area contributed by atoms with E-state index in [1.807, 2.05) is 13.0 Å². The van der Waals surface area contributed by atoms with Crippen LogP contribution in [-0.4, -0.2) is 64.7 Å². The molecule has 1 saturated heterocycles. The second kappa shape index (κ2) is 14.2. The number of halogens is 4. The van der Waals surface area contributed by atoms with Crippen LogP contribution in [0.2, 0.25) is 5.02 Å². The number of hydrogen-bond acceptors (Lipinski definition) is 9. The van der Waals surface area contributed by atoms with Crippen LogP contribution in [-0.2, 0) is 28.6 Å². The van der Waals surface area contributed by atoms with Gasteiger partial charge in [-0.05, 0) is 54.0 Å². The molecule has 0 amide bonds. The Morgan fingerprint density at radius 1 is 1.12 bits per heavy atom. The zero-order valence-corrected chi connectivity index (χ0v) is 27.6. The Morgan fingerprint density at radius 2 is 1.92 bits per heavy atom. The lowest BCUT2D eigenvalue weighted by Gasteiger charge is -2.31. The molecule has 0 aliphatic carbocycles. The largest absolute Gasteiger partial charge is 0.611 e. The Balaban J connectivity index is 1.43. The first-order chi connectivity index (χ1) is 23.0. The molecule has 252 valence electrons. The first-order valence-electron chi connectivity index (χ1n) is 15.1. The molecule has 5 aromatic rings. The van der Waals surface area contributed by atoms with E-state index in [4.69, 9.17) is 20.8 Å². The van der Waals surface area contributed by atoms with Gasteiger partial charge in [0.1, 0.15) is 11.4 Å². The summed E-state index contributed by atoms with van der Waals surface area (Å²) in [4.78, 5) is 25.2.